The highest BCUT2D eigenvalue weighted by Gasteiger charge is 2.31. The van der Waals surface area contributed by atoms with E-state index >= 15 is 0 Å². The van der Waals surface area contributed by atoms with Gasteiger partial charge < -0.3 is 10.1 Å². The molecule has 0 aliphatic heterocycles. The number of nitro benzene ring substituents is 2. The Bertz CT molecular complexity index is 946. The zero-order chi connectivity index (χ0) is 21.1. The van der Waals surface area contributed by atoms with Crippen LogP contribution < -0.4 is 5.32 Å². The highest BCUT2D eigenvalue weighted by molar-refractivity contribution is 5.99. The fourth-order valence-corrected chi connectivity index (χ4v) is 2.37. The lowest BCUT2D eigenvalue weighted by atomic mass is 10.1. The summed E-state index contributed by atoms with van der Waals surface area (Å²) < 4.78 is 42.9. The van der Waals surface area contributed by atoms with E-state index in [0.29, 0.717) is 6.07 Å². The van der Waals surface area contributed by atoms with Gasteiger partial charge in [-0.2, -0.15) is 13.2 Å². The lowest BCUT2D eigenvalue weighted by molar-refractivity contribution is -0.393. The number of carbonyl (C=O) groups excluding carboxylic acids is 1. The second-order valence-electron chi connectivity index (χ2n) is 5.44. The number of carbonyl (C=O) groups is 1. The molecule has 0 amide bonds. The van der Waals surface area contributed by atoms with Gasteiger partial charge in [-0.15, -0.1) is 0 Å². The summed E-state index contributed by atoms with van der Waals surface area (Å²) in [5, 5.41) is 24.8. The third-order valence-corrected chi connectivity index (χ3v) is 3.64. The van der Waals surface area contributed by atoms with E-state index in [9.17, 15) is 38.2 Å². The van der Waals surface area contributed by atoms with Gasteiger partial charge in [0.2, 0.25) is 0 Å². The lowest BCUT2D eigenvalue weighted by Crippen LogP contribution is -2.12. The number of anilines is 1. The fraction of sp³-hybridized carbons (Fsp3) is 0.188. The molecule has 148 valence electrons. The molecule has 0 aliphatic rings. The Morgan fingerprint density at radius 1 is 1.14 bits per heavy atom. The number of esters is 1. The minimum atomic E-state index is -4.58. The van der Waals surface area contributed by atoms with Crippen LogP contribution in [0.4, 0.5) is 30.2 Å². The van der Waals surface area contributed by atoms with Gasteiger partial charge in [-0.1, -0.05) is 12.1 Å². The van der Waals surface area contributed by atoms with Crippen molar-refractivity contribution in [1.29, 1.82) is 0 Å². The summed E-state index contributed by atoms with van der Waals surface area (Å²) in [6.07, 6.45) is -4.58. The number of halogens is 3. The van der Waals surface area contributed by atoms with Gasteiger partial charge in [-0.3, -0.25) is 20.2 Å². The molecular weight excluding hydrogens is 387 g/mol. The molecule has 2 aromatic rings. The summed E-state index contributed by atoms with van der Waals surface area (Å²) in [4.78, 5) is 32.3. The largest absolute Gasteiger partial charge is 0.465 e. The zero-order valence-corrected chi connectivity index (χ0v) is 14.1. The molecule has 2 rings (SSSR count). The van der Waals surface area contributed by atoms with Crippen molar-refractivity contribution in [3.63, 3.8) is 0 Å². The number of nitrogens with one attached hydrogen (secondary N) is 1. The van der Waals surface area contributed by atoms with Gasteiger partial charge in [0.05, 0.1) is 34.1 Å². The van der Waals surface area contributed by atoms with Crippen LogP contribution in [-0.2, 0) is 17.5 Å². The van der Waals surface area contributed by atoms with Crippen LogP contribution in [0.25, 0.3) is 0 Å². The molecule has 2 aromatic carbocycles. The highest BCUT2D eigenvalue weighted by atomic mass is 19.4. The van der Waals surface area contributed by atoms with E-state index in [2.05, 4.69) is 10.1 Å². The van der Waals surface area contributed by atoms with E-state index in [1.807, 2.05) is 0 Å². The number of nitrogens with zero attached hydrogens (tertiary/aromatic N) is 2. The molecule has 0 spiro atoms. The van der Waals surface area contributed by atoms with Gasteiger partial charge in [0, 0.05) is 12.6 Å². The second-order valence-corrected chi connectivity index (χ2v) is 5.44. The summed E-state index contributed by atoms with van der Waals surface area (Å²) in [6.45, 7) is -0.313. The predicted octanol–water partition coefficient (Wildman–Crippen LogP) is 3.92. The van der Waals surface area contributed by atoms with Crippen LogP contribution in [0, 0.1) is 20.2 Å². The Balaban J connectivity index is 2.48. The van der Waals surface area contributed by atoms with Crippen LogP contribution in [0.1, 0.15) is 21.5 Å². The molecular formula is C16H12F3N3O6. The number of non-ortho nitro benzene ring substituents is 1. The number of benzene rings is 2. The number of alkyl halides is 3. The summed E-state index contributed by atoms with van der Waals surface area (Å²) >= 11 is 0. The van der Waals surface area contributed by atoms with E-state index < -0.39 is 50.2 Å². The Kier molecular flexibility index (Phi) is 5.81. The Hall–Kier alpha value is -3.70. The van der Waals surface area contributed by atoms with Crippen molar-refractivity contribution in [2.24, 2.45) is 0 Å². The highest BCUT2D eigenvalue weighted by Crippen LogP contribution is 2.35. The first-order valence-corrected chi connectivity index (χ1v) is 7.49. The molecule has 9 nitrogen and oxygen atoms in total. The van der Waals surface area contributed by atoms with Crippen molar-refractivity contribution in [3.8, 4) is 0 Å². The van der Waals surface area contributed by atoms with Gasteiger partial charge in [-0.05, 0) is 17.7 Å². The molecule has 0 heterocycles. The third kappa shape index (κ3) is 4.52. The van der Waals surface area contributed by atoms with Crippen LogP contribution in [-0.4, -0.2) is 22.9 Å². The molecule has 0 aliphatic carbocycles. The first kappa shape index (κ1) is 20.6. The number of hydrogen-bond acceptors (Lipinski definition) is 7. The van der Waals surface area contributed by atoms with Crippen molar-refractivity contribution in [2.45, 2.75) is 12.7 Å². The lowest BCUT2D eigenvalue weighted by Gasteiger charge is -2.13. The van der Waals surface area contributed by atoms with E-state index in [0.717, 1.165) is 31.4 Å². The number of ether oxygens (including phenoxy) is 1. The van der Waals surface area contributed by atoms with Crippen molar-refractivity contribution in [2.75, 3.05) is 12.4 Å². The quantitative estimate of drug-likeness (QED) is 0.443. The van der Waals surface area contributed by atoms with Crippen molar-refractivity contribution in [3.05, 3.63) is 73.3 Å². The van der Waals surface area contributed by atoms with Gasteiger partial charge in [0.25, 0.3) is 11.4 Å². The van der Waals surface area contributed by atoms with E-state index in [1.165, 1.54) is 6.07 Å². The molecule has 28 heavy (non-hydrogen) atoms. The minimum absolute atomic E-state index is 0.123. The SMILES string of the molecule is COC(=O)c1cc([N+](=O)[O-])cc([N+](=O)[O-])c1NCc1cccc(C(F)(F)F)c1. The molecule has 0 unspecified atom stereocenters. The molecule has 0 bridgehead atoms. The van der Waals surface area contributed by atoms with Crippen LogP contribution in [0.3, 0.4) is 0 Å². The molecule has 1 N–H and O–H groups in total. The molecule has 0 radical (unpaired) electrons. The Morgan fingerprint density at radius 2 is 1.82 bits per heavy atom. The maximum atomic E-state index is 12.8. The maximum Gasteiger partial charge on any atom is 0.416 e. The molecule has 0 saturated heterocycles. The molecule has 0 atom stereocenters. The molecule has 0 aromatic heterocycles. The minimum Gasteiger partial charge on any atom is -0.465 e. The van der Waals surface area contributed by atoms with Crippen LogP contribution in [0.2, 0.25) is 0 Å². The topological polar surface area (TPSA) is 125 Å². The van der Waals surface area contributed by atoms with Crippen LogP contribution in [0.5, 0.6) is 0 Å². The standard InChI is InChI=1S/C16H12F3N3O6/c1-28-15(23)12-6-11(21(24)25)7-13(22(26)27)14(12)20-8-9-3-2-4-10(5-9)16(17,18)19/h2-7,20H,8H2,1H3. The number of nitro groups is 2. The van der Waals surface area contributed by atoms with Crippen molar-refractivity contribution in [1.82, 2.24) is 0 Å². The molecule has 0 fully saturated rings. The first-order valence-electron chi connectivity index (χ1n) is 7.49. The maximum absolute atomic E-state index is 12.8. The summed E-state index contributed by atoms with van der Waals surface area (Å²) in [5.74, 6) is -1.08. The normalized spacial score (nSPS) is 11.0. The van der Waals surface area contributed by atoms with E-state index in [4.69, 9.17) is 0 Å². The molecule has 12 heteroatoms. The van der Waals surface area contributed by atoms with Gasteiger partial charge in [0.15, 0.2) is 0 Å². The fourth-order valence-electron chi connectivity index (χ4n) is 2.37. The monoisotopic (exact) mass is 399 g/mol. The second kappa shape index (κ2) is 7.90. The number of rotatable bonds is 6. The average molecular weight is 399 g/mol. The predicted molar refractivity (Wildman–Crippen MR) is 89.9 cm³/mol. The van der Waals surface area contributed by atoms with Crippen molar-refractivity contribution >= 4 is 23.0 Å². The first-order chi connectivity index (χ1) is 13.0. The Morgan fingerprint density at radius 3 is 2.36 bits per heavy atom. The molecule has 0 saturated carbocycles. The smallest absolute Gasteiger partial charge is 0.416 e. The van der Waals surface area contributed by atoms with Crippen molar-refractivity contribution < 1.29 is 32.5 Å². The number of methoxy groups -OCH3 is 1. The van der Waals surface area contributed by atoms with Gasteiger partial charge in [-0.25, -0.2) is 4.79 Å². The number of hydrogen-bond donors (Lipinski definition) is 1. The Labute approximate surface area is 155 Å². The van der Waals surface area contributed by atoms with Crippen LogP contribution >= 0.6 is 0 Å². The zero-order valence-electron chi connectivity index (χ0n) is 14.1. The third-order valence-electron chi connectivity index (χ3n) is 3.64. The van der Waals surface area contributed by atoms with Gasteiger partial charge >= 0.3 is 12.1 Å². The van der Waals surface area contributed by atoms with E-state index in [1.54, 1.807) is 0 Å². The van der Waals surface area contributed by atoms with E-state index in [-0.39, 0.29) is 12.1 Å². The van der Waals surface area contributed by atoms with Crippen LogP contribution in [0.15, 0.2) is 36.4 Å². The van der Waals surface area contributed by atoms with Gasteiger partial charge in [0.1, 0.15) is 5.69 Å². The summed E-state index contributed by atoms with van der Waals surface area (Å²) in [5.41, 5.74) is -3.19. The average Bonchev–Trinajstić information content (AvgIpc) is 2.64. The summed E-state index contributed by atoms with van der Waals surface area (Å²) in [7, 11) is 0.976. The summed E-state index contributed by atoms with van der Waals surface area (Å²) in [6, 6.07) is 5.62.